The van der Waals surface area contributed by atoms with Crippen LogP contribution < -0.4 is 15.4 Å². The molecule has 7 heteroatoms. The van der Waals surface area contributed by atoms with Crippen molar-refractivity contribution in [2.24, 2.45) is 0 Å². The fourth-order valence-electron chi connectivity index (χ4n) is 3.64. The van der Waals surface area contributed by atoms with Crippen molar-refractivity contribution in [3.63, 3.8) is 0 Å². The van der Waals surface area contributed by atoms with Gasteiger partial charge in [-0.1, -0.05) is 35.9 Å². The number of ether oxygens (including phenoxy) is 2. The molecule has 0 aliphatic carbocycles. The van der Waals surface area contributed by atoms with Crippen LogP contribution in [0.15, 0.2) is 42.5 Å². The number of amides is 2. The second-order valence-corrected chi connectivity index (χ2v) is 7.55. The van der Waals surface area contributed by atoms with Gasteiger partial charge < -0.3 is 20.1 Å². The number of carbonyl (C=O) groups excluding carboxylic acids is 2. The molecule has 154 valence electrons. The lowest BCUT2D eigenvalue weighted by atomic mass is 9.73. The van der Waals surface area contributed by atoms with Crippen LogP contribution >= 0.6 is 11.6 Å². The van der Waals surface area contributed by atoms with Gasteiger partial charge in [0.25, 0.3) is 0 Å². The summed E-state index contributed by atoms with van der Waals surface area (Å²) in [6, 6.07) is 12.9. The third kappa shape index (κ3) is 4.71. The molecule has 0 aromatic heterocycles. The molecule has 1 saturated heterocycles. The minimum absolute atomic E-state index is 0.317. The van der Waals surface area contributed by atoms with Gasteiger partial charge in [-0.15, -0.1) is 0 Å². The van der Waals surface area contributed by atoms with E-state index in [1.807, 2.05) is 24.3 Å². The van der Waals surface area contributed by atoms with Crippen molar-refractivity contribution < 1.29 is 19.1 Å². The first-order chi connectivity index (χ1) is 14.0. The normalized spacial score (nSPS) is 15.4. The predicted octanol–water partition coefficient (Wildman–Crippen LogP) is 3.46. The maximum Gasteiger partial charge on any atom is 0.313 e. The lowest BCUT2D eigenvalue weighted by Gasteiger charge is -2.38. The van der Waals surface area contributed by atoms with E-state index in [2.05, 4.69) is 10.6 Å². The molecule has 3 rings (SSSR count). The Labute approximate surface area is 175 Å². The van der Waals surface area contributed by atoms with Crippen molar-refractivity contribution in [2.45, 2.75) is 25.2 Å². The number of anilines is 1. The van der Waals surface area contributed by atoms with E-state index in [4.69, 9.17) is 21.1 Å². The number of rotatable bonds is 5. The van der Waals surface area contributed by atoms with Crippen LogP contribution in [0.5, 0.6) is 5.75 Å². The summed E-state index contributed by atoms with van der Waals surface area (Å²) >= 11 is 6.08. The first kappa shape index (κ1) is 21.1. The number of hydrogen-bond donors (Lipinski definition) is 2. The maximum atomic E-state index is 12.5. The summed E-state index contributed by atoms with van der Waals surface area (Å²) in [5.41, 5.74) is 1.89. The van der Waals surface area contributed by atoms with Crippen molar-refractivity contribution in [3.05, 3.63) is 58.6 Å². The zero-order valence-electron chi connectivity index (χ0n) is 16.6. The Kier molecular flexibility index (Phi) is 6.77. The van der Waals surface area contributed by atoms with E-state index in [1.165, 1.54) is 0 Å². The summed E-state index contributed by atoms with van der Waals surface area (Å²) in [5, 5.41) is 5.96. The van der Waals surface area contributed by atoms with Crippen LogP contribution in [0, 0.1) is 6.92 Å². The van der Waals surface area contributed by atoms with Crippen LogP contribution in [0.4, 0.5) is 5.69 Å². The Hall–Kier alpha value is -2.57. The Morgan fingerprint density at radius 2 is 1.83 bits per heavy atom. The second kappa shape index (κ2) is 9.29. The topological polar surface area (TPSA) is 76.7 Å². The molecule has 0 spiro atoms. The number of nitrogens with one attached hydrogen (secondary N) is 2. The highest BCUT2D eigenvalue weighted by molar-refractivity contribution is 6.40. The highest BCUT2D eigenvalue weighted by Crippen LogP contribution is 2.39. The molecule has 6 nitrogen and oxygen atoms in total. The third-order valence-corrected chi connectivity index (χ3v) is 5.85. The monoisotopic (exact) mass is 416 g/mol. The molecule has 0 bridgehead atoms. The lowest BCUT2D eigenvalue weighted by molar-refractivity contribution is -0.136. The Balaban J connectivity index is 1.73. The third-order valence-electron chi connectivity index (χ3n) is 5.44. The average molecular weight is 417 g/mol. The van der Waals surface area contributed by atoms with Gasteiger partial charge in [0, 0.05) is 41.4 Å². The highest BCUT2D eigenvalue weighted by atomic mass is 35.5. The van der Waals surface area contributed by atoms with Gasteiger partial charge in [0.05, 0.1) is 7.11 Å². The lowest BCUT2D eigenvalue weighted by Crippen LogP contribution is -2.47. The largest absolute Gasteiger partial charge is 0.496 e. The van der Waals surface area contributed by atoms with E-state index in [0.717, 1.165) is 24.2 Å². The molecule has 2 N–H and O–H groups in total. The molecule has 1 aliphatic rings. The van der Waals surface area contributed by atoms with E-state index in [-0.39, 0.29) is 5.41 Å². The zero-order valence-corrected chi connectivity index (χ0v) is 17.3. The smallest absolute Gasteiger partial charge is 0.313 e. The fraction of sp³-hybridized carbons (Fsp3) is 0.364. The molecular weight excluding hydrogens is 392 g/mol. The molecule has 2 amide bonds. The van der Waals surface area contributed by atoms with E-state index in [9.17, 15) is 9.59 Å². The number of carbonyl (C=O) groups is 2. The fourth-order valence-corrected chi connectivity index (χ4v) is 3.81. The molecule has 0 saturated carbocycles. The molecule has 1 aliphatic heterocycles. The van der Waals surface area contributed by atoms with Gasteiger partial charge in [-0.05, 0) is 43.5 Å². The summed E-state index contributed by atoms with van der Waals surface area (Å²) in [5.74, 6) is -0.648. The molecule has 1 heterocycles. The van der Waals surface area contributed by atoms with E-state index in [0.29, 0.717) is 36.0 Å². The van der Waals surface area contributed by atoms with Crippen molar-refractivity contribution in [1.82, 2.24) is 5.32 Å². The first-order valence-electron chi connectivity index (χ1n) is 9.52. The summed E-state index contributed by atoms with van der Waals surface area (Å²) < 4.78 is 11.1. The Bertz CT molecular complexity index is 894. The van der Waals surface area contributed by atoms with E-state index >= 15 is 0 Å². The van der Waals surface area contributed by atoms with Crippen molar-refractivity contribution >= 4 is 29.1 Å². The minimum Gasteiger partial charge on any atom is -0.496 e. The summed E-state index contributed by atoms with van der Waals surface area (Å²) in [4.78, 5) is 24.9. The van der Waals surface area contributed by atoms with Crippen LogP contribution in [0.25, 0.3) is 0 Å². The van der Waals surface area contributed by atoms with Crippen molar-refractivity contribution in [1.29, 1.82) is 0 Å². The molecule has 29 heavy (non-hydrogen) atoms. The van der Waals surface area contributed by atoms with Gasteiger partial charge in [0.1, 0.15) is 5.75 Å². The zero-order chi connectivity index (χ0) is 20.9. The second-order valence-electron chi connectivity index (χ2n) is 7.14. The minimum atomic E-state index is -0.724. The van der Waals surface area contributed by atoms with Crippen LogP contribution in [0.3, 0.4) is 0 Å². The van der Waals surface area contributed by atoms with E-state index < -0.39 is 11.8 Å². The molecular formula is C22H25ClN2O4. The summed E-state index contributed by atoms with van der Waals surface area (Å²) in [7, 11) is 1.63. The standard InChI is InChI=1S/C22H25ClN2O4/c1-15-17(23)7-5-8-18(15)25-21(27)20(26)24-14-22(10-12-29-13-11-22)16-6-3-4-9-19(16)28-2/h3-9H,10-14H2,1-2H3,(H,24,26)(H,25,27). The number of methoxy groups -OCH3 is 1. The average Bonchev–Trinajstić information content (AvgIpc) is 2.75. The highest BCUT2D eigenvalue weighted by Gasteiger charge is 2.37. The molecule has 0 unspecified atom stereocenters. The number of hydrogen-bond acceptors (Lipinski definition) is 4. The van der Waals surface area contributed by atoms with Gasteiger partial charge in [-0.3, -0.25) is 9.59 Å². The summed E-state index contributed by atoms with van der Waals surface area (Å²) in [6.07, 6.45) is 1.45. The predicted molar refractivity (Wildman–Crippen MR) is 113 cm³/mol. The van der Waals surface area contributed by atoms with Crippen LogP contribution in [-0.2, 0) is 19.7 Å². The number of para-hydroxylation sites is 1. The molecule has 0 atom stereocenters. The van der Waals surface area contributed by atoms with E-state index in [1.54, 1.807) is 32.2 Å². The summed E-state index contributed by atoms with van der Waals surface area (Å²) in [6.45, 7) is 3.27. The van der Waals surface area contributed by atoms with Crippen molar-refractivity contribution in [3.8, 4) is 5.75 Å². The van der Waals surface area contributed by atoms with Crippen LogP contribution in [-0.4, -0.2) is 38.7 Å². The quantitative estimate of drug-likeness (QED) is 0.732. The van der Waals surface area contributed by atoms with Crippen LogP contribution in [0.2, 0.25) is 5.02 Å². The van der Waals surface area contributed by atoms with Gasteiger partial charge in [0.2, 0.25) is 0 Å². The molecule has 2 aromatic rings. The van der Waals surface area contributed by atoms with Gasteiger partial charge in [-0.25, -0.2) is 0 Å². The number of halogens is 1. The first-order valence-corrected chi connectivity index (χ1v) is 9.90. The molecule has 0 radical (unpaired) electrons. The van der Waals surface area contributed by atoms with Crippen LogP contribution in [0.1, 0.15) is 24.0 Å². The Morgan fingerprint density at radius 1 is 1.10 bits per heavy atom. The number of benzene rings is 2. The SMILES string of the molecule is COc1ccccc1C1(CNC(=O)C(=O)Nc2cccc(Cl)c2C)CCOCC1. The molecule has 1 fully saturated rings. The van der Waals surface area contributed by atoms with Gasteiger partial charge in [-0.2, -0.15) is 0 Å². The Morgan fingerprint density at radius 3 is 2.55 bits per heavy atom. The maximum absolute atomic E-state index is 12.5. The van der Waals surface area contributed by atoms with Gasteiger partial charge >= 0.3 is 11.8 Å². The molecule has 2 aromatic carbocycles. The van der Waals surface area contributed by atoms with Gasteiger partial charge in [0.15, 0.2) is 0 Å². The van der Waals surface area contributed by atoms with Crippen molar-refractivity contribution in [2.75, 3.05) is 32.2 Å².